The standard InChI is InChI=1S/C14H16FNO2/c1-3-8-16(2)14(18)13-10-12(15)7-6-11(13)5-4-9-17/h6-7,10,17H,3,8-9H2,1-2H3. The first-order chi connectivity index (χ1) is 8.60. The van der Waals surface area contributed by atoms with Crippen LogP contribution in [0, 0.1) is 17.7 Å². The maximum Gasteiger partial charge on any atom is 0.254 e. The zero-order valence-corrected chi connectivity index (χ0v) is 10.5. The van der Waals surface area contributed by atoms with Crippen LogP contribution in [0.5, 0.6) is 0 Å². The van der Waals surface area contributed by atoms with Gasteiger partial charge in [0.2, 0.25) is 0 Å². The fourth-order valence-corrected chi connectivity index (χ4v) is 1.58. The van der Waals surface area contributed by atoms with Crippen LogP contribution in [-0.4, -0.2) is 36.1 Å². The smallest absolute Gasteiger partial charge is 0.254 e. The van der Waals surface area contributed by atoms with Gasteiger partial charge in [-0.05, 0) is 24.6 Å². The molecule has 1 amide bonds. The molecule has 0 aliphatic heterocycles. The Bertz CT molecular complexity index is 488. The number of amides is 1. The second kappa shape index (κ2) is 6.77. The summed E-state index contributed by atoms with van der Waals surface area (Å²) in [7, 11) is 1.67. The highest BCUT2D eigenvalue weighted by Gasteiger charge is 2.15. The highest BCUT2D eigenvalue weighted by Crippen LogP contribution is 2.13. The fraction of sp³-hybridized carbons (Fsp3) is 0.357. The van der Waals surface area contributed by atoms with Crippen molar-refractivity contribution < 1.29 is 14.3 Å². The normalized spacial score (nSPS) is 9.56. The van der Waals surface area contributed by atoms with Crippen molar-refractivity contribution >= 4 is 5.91 Å². The summed E-state index contributed by atoms with van der Waals surface area (Å²) in [6.45, 7) is 2.26. The summed E-state index contributed by atoms with van der Waals surface area (Å²) in [5.41, 5.74) is 0.658. The van der Waals surface area contributed by atoms with E-state index in [1.54, 1.807) is 7.05 Å². The van der Waals surface area contributed by atoms with Gasteiger partial charge in [-0.3, -0.25) is 4.79 Å². The van der Waals surface area contributed by atoms with Crippen molar-refractivity contribution in [3.05, 3.63) is 35.1 Å². The van der Waals surface area contributed by atoms with E-state index in [4.69, 9.17) is 5.11 Å². The lowest BCUT2D eigenvalue weighted by Gasteiger charge is -2.17. The van der Waals surface area contributed by atoms with Gasteiger partial charge >= 0.3 is 0 Å². The van der Waals surface area contributed by atoms with Crippen molar-refractivity contribution in [3.63, 3.8) is 0 Å². The number of halogens is 1. The number of carbonyl (C=O) groups is 1. The summed E-state index contributed by atoms with van der Waals surface area (Å²) >= 11 is 0. The first kappa shape index (κ1) is 14.2. The zero-order chi connectivity index (χ0) is 13.5. The lowest BCUT2D eigenvalue weighted by Crippen LogP contribution is -2.28. The van der Waals surface area contributed by atoms with Crippen molar-refractivity contribution in [2.75, 3.05) is 20.2 Å². The van der Waals surface area contributed by atoms with E-state index in [0.717, 1.165) is 6.42 Å². The van der Waals surface area contributed by atoms with Gasteiger partial charge in [0.15, 0.2) is 0 Å². The molecule has 1 N–H and O–H groups in total. The molecular formula is C14H16FNO2. The van der Waals surface area contributed by atoms with Crippen molar-refractivity contribution in [2.24, 2.45) is 0 Å². The molecule has 96 valence electrons. The third kappa shape index (κ3) is 3.57. The molecule has 1 rings (SSSR count). The van der Waals surface area contributed by atoms with Gasteiger partial charge in [-0.1, -0.05) is 18.8 Å². The highest BCUT2D eigenvalue weighted by molar-refractivity contribution is 5.96. The van der Waals surface area contributed by atoms with E-state index in [9.17, 15) is 9.18 Å². The van der Waals surface area contributed by atoms with Gasteiger partial charge in [-0.25, -0.2) is 4.39 Å². The van der Waals surface area contributed by atoms with E-state index in [-0.39, 0.29) is 18.1 Å². The molecule has 0 radical (unpaired) electrons. The Morgan fingerprint density at radius 3 is 2.83 bits per heavy atom. The van der Waals surface area contributed by atoms with Crippen LogP contribution in [-0.2, 0) is 0 Å². The van der Waals surface area contributed by atoms with Crippen LogP contribution >= 0.6 is 0 Å². The largest absolute Gasteiger partial charge is 0.384 e. The number of aliphatic hydroxyl groups excluding tert-OH is 1. The summed E-state index contributed by atoms with van der Waals surface area (Å²) in [6, 6.07) is 3.87. The van der Waals surface area contributed by atoms with Gasteiger partial charge in [0.1, 0.15) is 12.4 Å². The third-order valence-electron chi connectivity index (χ3n) is 2.42. The van der Waals surface area contributed by atoms with Crippen LogP contribution < -0.4 is 0 Å². The Labute approximate surface area is 106 Å². The molecule has 0 saturated heterocycles. The van der Waals surface area contributed by atoms with E-state index in [1.165, 1.54) is 23.1 Å². The Hall–Kier alpha value is -1.86. The first-order valence-electron chi connectivity index (χ1n) is 5.75. The quantitative estimate of drug-likeness (QED) is 0.827. The van der Waals surface area contributed by atoms with Gasteiger partial charge < -0.3 is 10.0 Å². The number of benzene rings is 1. The Kier molecular flexibility index (Phi) is 5.34. The maximum atomic E-state index is 13.2. The SMILES string of the molecule is CCCN(C)C(=O)c1cc(F)ccc1C#CCO. The molecule has 0 heterocycles. The molecule has 0 saturated carbocycles. The molecule has 0 fully saturated rings. The number of aliphatic hydroxyl groups is 1. The van der Waals surface area contributed by atoms with Crippen LogP contribution in [0.3, 0.4) is 0 Å². The molecule has 0 aliphatic carbocycles. The molecule has 4 heteroatoms. The second-order valence-electron chi connectivity index (χ2n) is 3.88. The van der Waals surface area contributed by atoms with Crippen LogP contribution in [0.2, 0.25) is 0 Å². The fourth-order valence-electron chi connectivity index (χ4n) is 1.58. The average Bonchev–Trinajstić information content (AvgIpc) is 2.36. The van der Waals surface area contributed by atoms with E-state index in [0.29, 0.717) is 12.1 Å². The van der Waals surface area contributed by atoms with Crippen molar-refractivity contribution in [1.29, 1.82) is 0 Å². The summed E-state index contributed by atoms with van der Waals surface area (Å²) in [5.74, 6) is 4.38. The van der Waals surface area contributed by atoms with Crippen LogP contribution in [0.4, 0.5) is 4.39 Å². The number of hydrogen-bond donors (Lipinski definition) is 1. The molecule has 0 aliphatic rings. The summed E-state index contributed by atoms with van der Waals surface area (Å²) in [4.78, 5) is 13.6. The predicted molar refractivity (Wildman–Crippen MR) is 67.6 cm³/mol. The topological polar surface area (TPSA) is 40.5 Å². The van der Waals surface area contributed by atoms with Crippen molar-refractivity contribution in [3.8, 4) is 11.8 Å². The van der Waals surface area contributed by atoms with Crippen LogP contribution in [0.25, 0.3) is 0 Å². The van der Waals surface area contributed by atoms with Crippen LogP contribution in [0.15, 0.2) is 18.2 Å². The molecule has 1 aromatic carbocycles. The molecule has 18 heavy (non-hydrogen) atoms. The second-order valence-corrected chi connectivity index (χ2v) is 3.88. The minimum absolute atomic E-state index is 0.229. The molecule has 3 nitrogen and oxygen atoms in total. The Balaban J connectivity index is 3.12. The Morgan fingerprint density at radius 2 is 2.22 bits per heavy atom. The third-order valence-corrected chi connectivity index (χ3v) is 2.42. The van der Waals surface area contributed by atoms with Crippen molar-refractivity contribution in [1.82, 2.24) is 4.90 Å². The lowest BCUT2D eigenvalue weighted by atomic mass is 10.1. The molecular weight excluding hydrogens is 233 g/mol. The van der Waals surface area contributed by atoms with Crippen molar-refractivity contribution in [2.45, 2.75) is 13.3 Å². The molecule has 0 bridgehead atoms. The minimum atomic E-state index is -0.474. The lowest BCUT2D eigenvalue weighted by molar-refractivity contribution is 0.0794. The average molecular weight is 249 g/mol. The number of nitrogens with zero attached hydrogens (tertiary/aromatic N) is 1. The summed E-state index contributed by atoms with van der Waals surface area (Å²) in [6.07, 6.45) is 0.829. The number of rotatable bonds is 3. The van der Waals surface area contributed by atoms with E-state index < -0.39 is 5.82 Å². The first-order valence-corrected chi connectivity index (χ1v) is 5.75. The zero-order valence-electron chi connectivity index (χ0n) is 10.5. The van der Waals surface area contributed by atoms with E-state index >= 15 is 0 Å². The molecule has 1 aromatic rings. The van der Waals surface area contributed by atoms with E-state index in [2.05, 4.69) is 11.8 Å². The van der Waals surface area contributed by atoms with Gasteiger partial charge in [0, 0.05) is 19.2 Å². The van der Waals surface area contributed by atoms with E-state index in [1.807, 2.05) is 6.92 Å². The summed E-state index contributed by atoms with van der Waals surface area (Å²) < 4.78 is 13.2. The van der Waals surface area contributed by atoms with Gasteiger partial charge in [0.05, 0.1) is 5.56 Å². The monoisotopic (exact) mass is 249 g/mol. The number of carbonyl (C=O) groups excluding carboxylic acids is 1. The predicted octanol–water partition coefficient (Wildman–Crippen LogP) is 1.65. The van der Waals surface area contributed by atoms with Gasteiger partial charge in [-0.2, -0.15) is 0 Å². The summed E-state index contributed by atoms with van der Waals surface area (Å²) in [5, 5.41) is 8.66. The van der Waals surface area contributed by atoms with Gasteiger partial charge in [-0.15, -0.1) is 0 Å². The van der Waals surface area contributed by atoms with Gasteiger partial charge in [0.25, 0.3) is 5.91 Å². The van der Waals surface area contributed by atoms with Crippen LogP contribution in [0.1, 0.15) is 29.3 Å². The molecule has 0 atom stereocenters. The Morgan fingerprint density at radius 1 is 1.50 bits per heavy atom. The highest BCUT2D eigenvalue weighted by atomic mass is 19.1. The molecule has 0 spiro atoms. The number of hydrogen-bond acceptors (Lipinski definition) is 2. The molecule has 0 aromatic heterocycles. The molecule has 0 unspecified atom stereocenters. The maximum absolute atomic E-state index is 13.2. The minimum Gasteiger partial charge on any atom is -0.384 e.